The molecule has 100 valence electrons. The number of hydrogen-bond acceptors (Lipinski definition) is 4. The predicted molar refractivity (Wildman–Crippen MR) is 62.0 cm³/mol. The Bertz CT molecular complexity index is 353. The summed E-state index contributed by atoms with van der Waals surface area (Å²) in [7, 11) is -4.17. The Morgan fingerprint density at radius 2 is 1.88 bits per heavy atom. The fraction of sp³-hybridized carbons (Fsp3) is 1.00. The molecular weight excluding hydrogens is 244 g/mol. The van der Waals surface area contributed by atoms with Crippen LogP contribution in [0.2, 0.25) is 0 Å². The van der Waals surface area contributed by atoms with Crippen LogP contribution in [0.1, 0.15) is 38.5 Å². The molecule has 2 fully saturated rings. The normalized spacial score (nSPS) is 35.5. The molecule has 6 heteroatoms. The molecule has 0 aliphatic heterocycles. The lowest BCUT2D eigenvalue weighted by atomic mass is 9.80. The highest BCUT2D eigenvalue weighted by Gasteiger charge is 2.35. The van der Waals surface area contributed by atoms with Gasteiger partial charge in [0.25, 0.3) is 10.1 Å². The summed E-state index contributed by atoms with van der Waals surface area (Å²) in [5.74, 6) is 0.734. The molecule has 2 rings (SSSR count). The van der Waals surface area contributed by atoms with Crippen LogP contribution in [-0.4, -0.2) is 36.2 Å². The Hall–Kier alpha value is -0.170. The molecule has 5 nitrogen and oxygen atoms in total. The zero-order valence-electron chi connectivity index (χ0n) is 9.79. The van der Waals surface area contributed by atoms with Crippen LogP contribution in [0.4, 0.5) is 0 Å². The first-order chi connectivity index (χ1) is 7.94. The van der Waals surface area contributed by atoms with Gasteiger partial charge in [0.2, 0.25) is 0 Å². The molecular formula is C11H20O5S. The Labute approximate surface area is 102 Å². The molecule has 0 aromatic rings. The number of aliphatic hydroxyl groups excluding tert-OH is 1. The quantitative estimate of drug-likeness (QED) is 0.588. The molecule has 0 aromatic carbocycles. The largest absolute Gasteiger partial charge is 0.367 e. The van der Waals surface area contributed by atoms with E-state index in [1.807, 2.05) is 0 Å². The zero-order chi connectivity index (χ0) is 12.5. The minimum Gasteiger partial charge on any atom is -0.367 e. The standard InChI is InChI=1S/C11H20O5S/c12-11(7-17(13,14)15)16-10-5-4-8-2-1-3-9(8)6-10/h8-12H,1-7H2,(H,13,14,15). The maximum Gasteiger partial charge on any atom is 0.269 e. The van der Waals surface area contributed by atoms with E-state index in [-0.39, 0.29) is 6.10 Å². The van der Waals surface area contributed by atoms with Crippen molar-refractivity contribution in [1.29, 1.82) is 0 Å². The molecule has 17 heavy (non-hydrogen) atoms. The van der Waals surface area contributed by atoms with Gasteiger partial charge in [-0.25, -0.2) is 0 Å². The summed E-state index contributed by atoms with van der Waals surface area (Å²) in [4.78, 5) is 0. The molecule has 4 unspecified atom stereocenters. The second kappa shape index (κ2) is 5.22. The van der Waals surface area contributed by atoms with E-state index in [2.05, 4.69) is 0 Å². The van der Waals surface area contributed by atoms with Crippen LogP contribution < -0.4 is 0 Å². The Kier molecular flexibility index (Phi) is 4.07. The van der Waals surface area contributed by atoms with E-state index in [0.29, 0.717) is 5.92 Å². The summed E-state index contributed by atoms with van der Waals surface area (Å²) < 4.78 is 35.1. The number of hydrogen-bond donors (Lipinski definition) is 2. The van der Waals surface area contributed by atoms with Crippen molar-refractivity contribution >= 4 is 10.1 Å². The molecule has 0 aromatic heterocycles. The van der Waals surface area contributed by atoms with Crippen LogP contribution in [0.3, 0.4) is 0 Å². The van der Waals surface area contributed by atoms with E-state index in [4.69, 9.17) is 9.29 Å². The maximum atomic E-state index is 10.6. The Morgan fingerprint density at radius 3 is 2.59 bits per heavy atom. The van der Waals surface area contributed by atoms with Crippen LogP contribution in [0.15, 0.2) is 0 Å². The average molecular weight is 264 g/mol. The monoisotopic (exact) mass is 264 g/mol. The van der Waals surface area contributed by atoms with Gasteiger partial charge in [-0.05, 0) is 31.1 Å². The van der Waals surface area contributed by atoms with Gasteiger partial charge < -0.3 is 9.84 Å². The fourth-order valence-electron chi connectivity index (χ4n) is 3.22. The van der Waals surface area contributed by atoms with E-state index < -0.39 is 22.2 Å². The molecule has 0 heterocycles. The number of aliphatic hydroxyl groups is 1. The van der Waals surface area contributed by atoms with Gasteiger partial charge in [0.05, 0.1) is 6.10 Å². The summed E-state index contributed by atoms with van der Waals surface area (Å²) >= 11 is 0. The van der Waals surface area contributed by atoms with Crippen molar-refractivity contribution in [3.8, 4) is 0 Å². The van der Waals surface area contributed by atoms with Crippen LogP contribution in [0.5, 0.6) is 0 Å². The zero-order valence-corrected chi connectivity index (χ0v) is 10.6. The third-order valence-corrected chi connectivity index (χ3v) is 4.65. The van der Waals surface area contributed by atoms with Crippen LogP contribution in [0.25, 0.3) is 0 Å². The van der Waals surface area contributed by atoms with Gasteiger partial charge in [0.15, 0.2) is 6.29 Å². The van der Waals surface area contributed by atoms with Gasteiger partial charge in [-0.2, -0.15) is 8.42 Å². The first-order valence-electron chi connectivity index (χ1n) is 6.23. The van der Waals surface area contributed by atoms with Gasteiger partial charge in [-0.3, -0.25) is 4.55 Å². The number of ether oxygens (including phenoxy) is 1. The highest BCUT2D eigenvalue weighted by molar-refractivity contribution is 7.85. The van der Waals surface area contributed by atoms with E-state index in [0.717, 1.165) is 25.2 Å². The summed E-state index contributed by atoms with van der Waals surface area (Å²) in [5.41, 5.74) is 0. The number of fused-ring (bicyclic) bond motifs is 1. The second-order valence-corrected chi connectivity index (χ2v) is 6.72. The van der Waals surface area contributed by atoms with Crippen molar-refractivity contribution in [3.05, 3.63) is 0 Å². The average Bonchev–Trinajstić information content (AvgIpc) is 2.61. The molecule has 2 saturated carbocycles. The van der Waals surface area contributed by atoms with E-state index in [1.165, 1.54) is 19.3 Å². The van der Waals surface area contributed by atoms with Crippen molar-refractivity contribution in [2.45, 2.75) is 50.9 Å². The Morgan fingerprint density at radius 1 is 1.18 bits per heavy atom. The van der Waals surface area contributed by atoms with Crippen molar-refractivity contribution < 1.29 is 22.8 Å². The minimum absolute atomic E-state index is 0.0638. The lowest BCUT2D eigenvalue weighted by molar-refractivity contribution is -0.138. The van der Waals surface area contributed by atoms with Gasteiger partial charge in [-0.1, -0.05) is 19.3 Å². The molecule has 0 amide bonds. The molecule has 2 aliphatic rings. The molecule has 4 atom stereocenters. The first-order valence-corrected chi connectivity index (χ1v) is 7.83. The van der Waals surface area contributed by atoms with Crippen molar-refractivity contribution in [2.24, 2.45) is 11.8 Å². The third-order valence-electron chi connectivity index (χ3n) is 3.94. The topological polar surface area (TPSA) is 83.8 Å². The lowest BCUT2D eigenvalue weighted by Crippen LogP contribution is -2.33. The number of rotatable bonds is 4. The minimum atomic E-state index is -4.17. The highest BCUT2D eigenvalue weighted by atomic mass is 32.2. The van der Waals surface area contributed by atoms with Crippen LogP contribution in [-0.2, 0) is 14.9 Å². The highest BCUT2D eigenvalue weighted by Crippen LogP contribution is 2.42. The van der Waals surface area contributed by atoms with Crippen molar-refractivity contribution in [2.75, 3.05) is 5.75 Å². The summed E-state index contributed by atoms with van der Waals surface area (Å²) in [6.07, 6.45) is 5.21. The van der Waals surface area contributed by atoms with Gasteiger partial charge in [0, 0.05) is 0 Å². The molecule has 2 N–H and O–H groups in total. The Balaban J connectivity index is 1.80. The third kappa shape index (κ3) is 3.91. The van der Waals surface area contributed by atoms with Crippen LogP contribution >= 0.6 is 0 Å². The maximum absolute atomic E-state index is 10.6. The van der Waals surface area contributed by atoms with Gasteiger partial charge in [-0.15, -0.1) is 0 Å². The molecule has 0 saturated heterocycles. The molecule has 0 bridgehead atoms. The predicted octanol–water partition coefficient (Wildman–Crippen LogP) is 1.18. The van der Waals surface area contributed by atoms with E-state index >= 15 is 0 Å². The van der Waals surface area contributed by atoms with Gasteiger partial charge in [0.1, 0.15) is 5.75 Å². The van der Waals surface area contributed by atoms with E-state index in [9.17, 15) is 13.5 Å². The summed E-state index contributed by atoms with van der Waals surface area (Å²) in [6.45, 7) is 0. The summed E-state index contributed by atoms with van der Waals surface area (Å²) in [6, 6.07) is 0. The lowest BCUT2D eigenvalue weighted by Gasteiger charge is -2.32. The molecule has 0 spiro atoms. The fourth-order valence-corrected chi connectivity index (χ4v) is 3.66. The summed E-state index contributed by atoms with van der Waals surface area (Å²) in [5, 5.41) is 9.42. The van der Waals surface area contributed by atoms with Crippen molar-refractivity contribution in [1.82, 2.24) is 0 Å². The molecule has 0 radical (unpaired) electrons. The smallest absolute Gasteiger partial charge is 0.269 e. The molecule has 2 aliphatic carbocycles. The van der Waals surface area contributed by atoms with Gasteiger partial charge >= 0.3 is 0 Å². The van der Waals surface area contributed by atoms with Crippen LogP contribution in [0, 0.1) is 11.8 Å². The SMILES string of the molecule is O=S(=O)(O)CC(O)OC1CCC2CCCC2C1. The van der Waals surface area contributed by atoms with E-state index in [1.54, 1.807) is 0 Å². The second-order valence-electron chi connectivity index (χ2n) is 5.23. The van der Waals surface area contributed by atoms with Crippen molar-refractivity contribution in [3.63, 3.8) is 0 Å². The first kappa shape index (κ1) is 13.3.